The SMILES string of the molecule is CN(C)CCCc1cccc(N/C(=C2\C(=O)Nc3cc(F)ccc32)c2cccc(CCC(=O)O)c2)c1. The van der Waals surface area contributed by atoms with Gasteiger partial charge in [-0.1, -0.05) is 30.3 Å². The highest BCUT2D eigenvalue weighted by Crippen LogP contribution is 2.38. The molecule has 3 N–H and O–H groups in total. The topological polar surface area (TPSA) is 81.7 Å². The molecule has 0 fully saturated rings. The van der Waals surface area contributed by atoms with E-state index in [2.05, 4.69) is 41.8 Å². The van der Waals surface area contributed by atoms with Crippen LogP contribution in [0.1, 0.15) is 35.1 Å². The highest BCUT2D eigenvalue weighted by atomic mass is 19.1. The molecule has 0 unspecified atom stereocenters. The van der Waals surface area contributed by atoms with Crippen molar-refractivity contribution in [2.45, 2.75) is 25.7 Å². The van der Waals surface area contributed by atoms with Crippen molar-refractivity contribution in [2.75, 3.05) is 31.3 Å². The van der Waals surface area contributed by atoms with E-state index in [0.717, 1.165) is 36.2 Å². The van der Waals surface area contributed by atoms with Gasteiger partial charge in [0, 0.05) is 17.7 Å². The van der Waals surface area contributed by atoms with Crippen molar-refractivity contribution in [3.63, 3.8) is 0 Å². The number of rotatable bonds is 10. The van der Waals surface area contributed by atoms with E-state index in [9.17, 15) is 14.0 Å². The third kappa shape index (κ3) is 6.17. The van der Waals surface area contributed by atoms with Gasteiger partial charge in [0.2, 0.25) is 0 Å². The molecule has 1 aliphatic rings. The number of halogens is 1. The molecule has 186 valence electrons. The predicted octanol–water partition coefficient (Wildman–Crippen LogP) is 5.27. The van der Waals surface area contributed by atoms with Crippen molar-refractivity contribution >= 4 is 34.5 Å². The van der Waals surface area contributed by atoms with E-state index in [1.165, 1.54) is 17.7 Å². The molecule has 0 atom stereocenters. The van der Waals surface area contributed by atoms with Crippen LogP contribution in [-0.4, -0.2) is 42.5 Å². The largest absolute Gasteiger partial charge is 0.481 e. The summed E-state index contributed by atoms with van der Waals surface area (Å²) in [7, 11) is 4.11. The van der Waals surface area contributed by atoms with Gasteiger partial charge >= 0.3 is 5.97 Å². The first kappa shape index (κ1) is 25.1. The summed E-state index contributed by atoms with van der Waals surface area (Å²) in [5.74, 6) is -1.61. The first-order chi connectivity index (χ1) is 17.3. The Labute approximate surface area is 210 Å². The number of aliphatic carboxylic acids is 1. The first-order valence-corrected chi connectivity index (χ1v) is 12.0. The summed E-state index contributed by atoms with van der Waals surface area (Å²) in [4.78, 5) is 26.3. The minimum absolute atomic E-state index is 0.0143. The molecule has 1 heterocycles. The number of hydrogen-bond donors (Lipinski definition) is 3. The normalized spacial score (nSPS) is 13.9. The average Bonchev–Trinajstić information content (AvgIpc) is 3.16. The Hall–Kier alpha value is -3.97. The van der Waals surface area contributed by atoms with Crippen molar-refractivity contribution in [2.24, 2.45) is 0 Å². The number of fused-ring (bicyclic) bond motifs is 1. The maximum Gasteiger partial charge on any atom is 0.303 e. The van der Waals surface area contributed by atoms with Crippen molar-refractivity contribution in [3.05, 3.63) is 94.8 Å². The van der Waals surface area contributed by atoms with Crippen LogP contribution in [0.25, 0.3) is 11.3 Å². The lowest BCUT2D eigenvalue weighted by molar-refractivity contribution is -0.137. The minimum Gasteiger partial charge on any atom is -0.481 e. The summed E-state index contributed by atoms with van der Waals surface area (Å²) in [6, 6.07) is 19.8. The highest BCUT2D eigenvalue weighted by molar-refractivity contribution is 6.37. The number of anilines is 2. The fourth-order valence-electron chi connectivity index (χ4n) is 4.35. The molecule has 0 saturated heterocycles. The summed E-state index contributed by atoms with van der Waals surface area (Å²) in [5, 5.41) is 15.3. The Balaban J connectivity index is 1.75. The zero-order valence-electron chi connectivity index (χ0n) is 20.5. The number of hydrogen-bond acceptors (Lipinski definition) is 4. The van der Waals surface area contributed by atoms with Crippen LogP contribution >= 0.6 is 0 Å². The second-order valence-electron chi connectivity index (χ2n) is 9.22. The predicted molar refractivity (Wildman–Crippen MR) is 141 cm³/mol. The molecule has 3 aromatic carbocycles. The number of nitrogens with zero attached hydrogens (tertiary/aromatic N) is 1. The highest BCUT2D eigenvalue weighted by Gasteiger charge is 2.29. The van der Waals surface area contributed by atoms with E-state index < -0.39 is 11.8 Å². The lowest BCUT2D eigenvalue weighted by Gasteiger charge is -2.17. The number of carboxylic acid groups (broad SMARTS) is 1. The van der Waals surface area contributed by atoms with Gasteiger partial charge in [-0.2, -0.15) is 0 Å². The zero-order chi connectivity index (χ0) is 25.7. The van der Waals surface area contributed by atoms with Gasteiger partial charge in [-0.3, -0.25) is 9.59 Å². The standard InChI is InChI=1S/C29H30FN3O3/c1-33(2)15-5-8-19-7-4-10-23(17-19)31-28(21-9-3-6-20(16-21)11-14-26(34)35)27-24-13-12-22(30)18-25(24)32-29(27)36/h3-4,6-7,9-10,12-13,16-18,31H,5,8,11,14-15H2,1-2H3,(H,32,36)(H,34,35)/b28-27-. The molecule has 3 aromatic rings. The van der Waals surface area contributed by atoms with Crippen molar-refractivity contribution in [1.82, 2.24) is 4.90 Å². The molecule has 0 radical (unpaired) electrons. The van der Waals surface area contributed by atoms with Crippen LogP contribution in [-0.2, 0) is 22.4 Å². The number of carboxylic acids is 1. The fraction of sp³-hybridized carbons (Fsp3) is 0.241. The van der Waals surface area contributed by atoms with Crippen molar-refractivity contribution < 1.29 is 19.1 Å². The number of carbonyl (C=O) groups is 2. The summed E-state index contributed by atoms with van der Waals surface area (Å²) in [5.41, 5.74) is 5.65. The lowest BCUT2D eigenvalue weighted by Crippen LogP contribution is -2.13. The first-order valence-electron chi connectivity index (χ1n) is 12.0. The molecule has 36 heavy (non-hydrogen) atoms. The van der Waals surface area contributed by atoms with Gasteiger partial charge in [0.15, 0.2) is 0 Å². The molecule has 0 spiro atoms. The smallest absolute Gasteiger partial charge is 0.303 e. The summed E-state index contributed by atoms with van der Waals surface area (Å²) in [6.07, 6.45) is 2.34. The van der Waals surface area contributed by atoms with E-state index in [1.54, 1.807) is 6.07 Å². The number of benzene rings is 3. The molecular weight excluding hydrogens is 457 g/mol. The third-order valence-electron chi connectivity index (χ3n) is 6.09. The van der Waals surface area contributed by atoms with Crippen LogP contribution in [0.3, 0.4) is 0 Å². The van der Waals surface area contributed by atoms with Crippen LogP contribution < -0.4 is 10.6 Å². The lowest BCUT2D eigenvalue weighted by atomic mass is 9.97. The van der Waals surface area contributed by atoms with Gasteiger partial charge in [0.05, 0.1) is 17.0 Å². The monoisotopic (exact) mass is 487 g/mol. The Morgan fingerprint density at radius 3 is 2.50 bits per heavy atom. The molecule has 6 nitrogen and oxygen atoms in total. The summed E-state index contributed by atoms with van der Waals surface area (Å²) < 4.78 is 13.9. The molecule has 0 aliphatic carbocycles. The molecule has 4 rings (SSSR count). The van der Waals surface area contributed by atoms with Crippen molar-refractivity contribution in [3.8, 4) is 0 Å². The second-order valence-corrected chi connectivity index (χ2v) is 9.22. The van der Waals surface area contributed by atoms with Crippen LogP contribution in [0.5, 0.6) is 0 Å². The number of amides is 1. The summed E-state index contributed by atoms with van der Waals surface area (Å²) in [6.45, 7) is 0.990. The average molecular weight is 488 g/mol. The van der Waals surface area contributed by atoms with Gasteiger partial charge in [0.25, 0.3) is 5.91 Å². The van der Waals surface area contributed by atoms with E-state index in [-0.39, 0.29) is 12.3 Å². The van der Waals surface area contributed by atoms with Gasteiger partial charge in [-0.25, -0.2) is 4.39 Å². The Bertz CT molecular complexity index is 1320. The van der Waals surface area contributed by atoms with Crippen LogP contribution in [0, 0.1) is 5.82 Å². The second kappa shape index (κ2) is 11.2. The van der Waals surface area contributed by atoms with Gasteiger partial charge in [-0.05, 0) is 93.0 Å². The van der Waals surface area contributed by atoms with Gasteiger partial charge < -0.3 is 20.6 Å². The van der Waals surface area contributed by atoms with E-state index in [0.29, 0.717) is 28.9 Å². The molecular formula is C29H30FN3O3. The number of aryl methyl sites for hydroxylation is 2. The third-order valence-corrected chi connectivity index (χ3v) is 6.09. The van der Waals surface area contributed by atoms with E-state index >= 15 is 0 Å². The maximum absolute atomic E-state index is 13.9. The van der Waals surface area contributed by atoms with E-state index in [4.69, 9.17) is 5.11 Å². The molecule has 1 aliphatic heterocycles. The molecule has 7 heteroatoms. The molecule has 0 saturated carbocycles. The quantitative estimate of drug-likeness (QED) is 0.340. The van der Waals surface area contributed by atoms with Gasteiger partial charge in [0.1, 0.15) is 5.82 Å². The number of nitrogens with one attached hydrogen (secondary N) is 2. The molecule has 0 bridgehead atoms. The zero-order valence-corrected chi connectivity index (χ0v) is 20.5. The Kier molecular flexibility index (Phi) is 7.80. The van der Waals surface area contributed by atoms with Crippen LogP contribution in [0.4, 0.5) is 15.8 Å². The Morgan fingerprint density at radius 2 is 1.75 bits per heavy atom. The fourth-order valence-corrected chi connectivity index (χ4v) is 4.35. The van der Waals surface area contributed by atoms with Gasteiger partial charge in [-0.15, -0.1) is 0 Å². The molecule has 1 amide bonds. The minimum atomic E-state index is -0.866. The Morgan fingerprint density at radius 1 is 1.00 bits per heavy atom. The van der Waals surface area contributed by atoms with Crippen LogP contribution in [0.15, 0.2) is 66.7 Å². The number of carbonyl (C=O) groups excluding carboxylic acids is 1. The van der Waals surface area contributed by atoms with Crippen LogP contribution in [0.2, 0.25) is 0 Å². The summed E-state index contributed by atoms with van der Waals surface area (Å²) >= 11 is 0. The van der Waals surface area contributed by atoms with E-state index in [1.807, 2.05) is 36.4 Å². The maximum atomic E-state index is 13.9. The van der Waals surface area contributed by atoms with Crippen molar-refractivity contribution in [1.29, 1.82) is 0 Å². The molecule has 0 aromatic heterocycles.